The molecule has 0 aliphatic carbocycles. The lowest BCUT2D eigenvalue weighted by Crippen LogP contribution is -2.62. The van der Waals surface area contributed by atoms with Crippen molar-refractivity contribution in [2.75, 3.05) is 13.6 Å². The smallest absolute Gasteiger partial charge is 0.276 e. The van der Waals surface area contributed by atoms with E-state index in [-0.39, 0.29) is 54.1 Å². The van der Waals surface area contributed by atoms with Gasteiger partial charge < -0.3 is 19.5 Å². The lowest BCUT2D eigenvalue weighted by Gasteiger charge is -2.49. The highest BCUT2D eigenvalue weighted by atomic mass is 19.1. The fourth-order valence-electron chi connectivity index (χ4n) is 4.95. The third-order valence-electron chi connectivity index (χ3n) is 7.08. The number of benzene rings is 2. The number of halogens is 1. The summed E-state index contributed by atoms with van der Waals surface area (Å²) < 4.78 is 20.9. The second kappa shape index (κ2) is 10.2. The van der Waals surface area contributed by atoms with Crippen molar-refractivity contribution in [3.63, 3.8) is 0 Å². The zero-order valence-electron chi connectivity index (χ0n) is 20.8. The molecule has 0 radical (unpaired) electrons. The quantitative estimate of drug-likeness (QED) is 0.558. The average molecular weight is 505 g/mol. The molecule has 2 aromatic carbocycles. The van der Waals surface area contributed by atoms with Gasteiger partial charge in [-0.3, -0.25) is 19.3 Å². The molecule has 0 spiro atoms. The molecule has 37 heavy (non-hydrogen) atoms. The van der Waals surface area contributed by atoms with Crippen molar-refractivity contribution < 1.29 is 18.7 Å². The van der Waals surface area contributed by atoms with Crippen molar-refractivity contribution in [2.24, 2.45) is 0 Å². The van der Waals surface area contributed by atoms with E-state index in [1.807, 2.05) is 49.2 Å². The Bertz CT molecular complexity index is 1370. The lowest BCUT2D eigenvalue weighted by molar-refractivity contribution is -0.0211. The van der Waals surface area contributed by atoms with Gasteiger partial charge in [0.25, 0.3) is 11.8 Å². The van der Waals surface area contributed by atoms with E-state index < -0.39 is 11.3 Å². The maximum absolute atomic E-state index is 13.7. The average Bonchev–Trinajstić information content (AvgIpc) is 2.90. The highest BCUT2D eigenvalue weighted by molar-refractivity contribution is 5.99. The number of hydrogen-bond acceptors (Lipinski definition) is 5. The van der Waals surface area contributed by atoms with E-state index >= 15 is 0 Å². The van der Waals surface area contributed by atoms with E-state index in [0.29, 0.717) is 12.1 Å². The molecule has 8 nitrogen and oxygen atoms in total. The van der Waals surface area contributed by atoms with Crippen LogP contribution in [-0.2, 0) is 19.7 Å². The van der Waals surface area contributed by atoms with E-state index in [0.717, 1.165) is 18.5 Å². The fraction of sp³-hybridized carbons (Fsp3) is 0.321. The second-order valence-corrected chi connectivity index (χ2v) is 9.60. The summed E-state index contributed by atoms with van der Waals surface area (Å²) in [5.74, 6) is -1.37. The standard InChI is InChI=1S/C28H29FN4O4/c1-18-12-13-31(2)23-16-32-15-22(27(35)30-14-19-8-10-21(29)11-9-19)25(34)26(24(32)28(36)33(18)23)37-17-20-6-4-3-5-7-20/h3-11,15,18,23H,12-14,16-17H2,1-2H3,(H,30,35). The van der Waals surface area contributed by atoms with Crippen molar-refractivity contribution in [1.82, 2.24) is 19.7 Å². The summed E-state index contributed by atoms with van der Waals surface area (Å²) in [6, 6.07) is 15.1. The number of carbonyl (C=O) groups excluding carboxylic acids is 2. The summed E-state index contributed by atoms with van der Waals surface area (Å²) in [6.45, 7) is 3.45. The van der Waals surface area contributed by atoms with Crippen LogP contribution in [0.15, 0.2) is 65.6 Å². The Kier molecular flexibility index (Phi) is 6.80. The van der Waals surface area contributed by atoms with Gasteiger partial charge in [-0.1, -0.05) is 42.5 Å². The molecule has 2 aliphatic heterocycles. The third kappa shape index (κ3) is 4.86. The molecule has 1 saturated heterocycles. The number of fused-ring (bicyclic) bond motifs is 2. The maximum atomic E-state index is 13.7. The van der Waals surface area contributed by atoms with Crippen LogP contribution in [0.1, 0.15) is 45.3 Å². The predicted octanol–water partition coefficient (Wildman–Crippen LogP) is 3.00. The van der Waals surface area contributed by atoms with E-state index in [9.17, 15) is 18.8 Å². The second-order valence-electron chi connectivity index (χ2n) is 9.60. The third-order valence-corrected chi connectivity index (χ3v) is 7.08. The number of aromatic nitrogens is 1. The van der Waals surface area contributed by atoms with Crippen molar-refractivity contribution >= 4 is 11.8 Å². The number of likely N-dealkylation sites (N-methyl/N-ethyl adjacent to an activating group) is 1. The Balaban J connectivity index is 1.52. The number of carbonyl (C=O) groups is 2. The first-order valence-corrected chi connectivity index (χ1v) is 12.3. The molecule has 1 fully saturated rings. The lowest BCUT2D eigenvalue weighted by atomic mass is 10.0. The minimum absolute atomic E-state index is 0.0122. The van der Waals surface area contributed by atoms with Gasteiger partial charge >= 0.3 is 0 Å². The van der Waals surface area contributed by atoms with Crippen LogP contribution in [0.2, 0.25) is 0 Å². The van der Waals surface area contributed by atoms with Gasteiger partial charge in [-0.2, -0.15) is 0 Å². The van der Waals surface area contributed by atoms with Crippen molar-refractivity contribution in [2.45, 2.75) is 45.2 Å². The van der Waals surface area contributed by atoms with Crippen LogP contribution in [0.3, 0.4) is 0 Å². The first-order valence-electron chi connectivity index (χ1n) is 12.3. The number of pyridine rings is 1. The molecule has 9 heteroatoms. The van der Waals surface area contributed by atoms with Crippen LogP contribution in [0.4, 0.5) is 4.39 Å². The minimum Gasteiger partial charge on any atom is -0.483 e. The Labute approximate surface area is 214 Å². The van der Waals surface area contributed by atoms with Crippen molar-refractivity contribution in [3.8, 4) is 5.75 Å². The largest absolute Gasteiger partial charge is 0.483 e. The van der Waals surface area contributed by atoms with Gasteiger partial charge in [0.2, 0.25) is 5.43 Å². The molecule has 2 atom stereocenters. The number of nitrogens with one attached hydrogen (secondary N) is 1. The zero-order chi connectivity index (χ0) is 26.1. The SMILES string of the molecule is CC1CCN(C)C2Cn3cc(C(=O)NCc4ccc(F)cc4)c(=O)c(OCc4ccccc4)c3C(=O)N12. The van der Waals surface area contributed by atoms with Crippen LogP contribution in [0.25, 0.3) is 0 Å². The van der Waals surface area contributed by atoms with Crippen molar-refractivity contribution in [3.05, 3.63) is 99.2 Å². The molecule has 192 valence electrons. The van der Waals surface area contributed by atoms with E-state index in [1.165, 1.54) is 18.3 Å². The molecule has 3 aromatic rings. The predicted molar refractivity (Wildman–Crippen MR) is 136 cm³/mol. The van der Waals surface area contributed by atoms with Crippen LogP contribution in [0, 0.1) is 5.82 Å². The van der Waals surface area contributed by atoms with Crippen LogP contribution in [-0.4, -0.2) is 52.0 Å². The molecule has 0 saturated carbocycles. The van der Waals surface area contributed by atoms with Gasteiger partial charge in [0, 0.05) is 25.3 Å². The Morgan fingerprint density at radius 2 is 1.81 bits per heavy atom. The van der Waals surface area contributed by atoms with Crippen LogP contribution >= 0.6 is 0 Å². The summed E-state index contributed by atoms with van der Waals surface area (Å²) in [7, 11) is 1.97. The molecular weight excluding hydrogens is 475 g/mol. The van der Waals surface area contributed by atoms with E-state index in [1.54, 1.807) is 16.7 Å². The van der Waals surface area contributed by atoms with Gasteiger partial charge in [-0.25, -0.2) is 4.39 Å². The first-order chi connectivity index (χ1) is 17.8. The number of amides is 2. The molecule has 2 amide bonds. The Hall–Kier alpha value is -3.98. The van der Waals surface area contributed by atoms with Crippen LogP contribution < -0.4 is 15.5 Å². The fourth-order valence-corrected chi connectivity index (χ4v) is 4.95. The molecule has 0 bridgehead atoms. The summed E-state index contributed by atoms with van der Waals surface area (Å²) in [4.78, 5) is 44.4. The van der Waals surface area contributed by atoms with Gasteiger partial charge in [0.1, 0.15) is 24.2 Å². The molecule has 2 aliphatic rings. The van der Waals surface area contributed by atoms with Gasteiger partial charge in [0.15, 0.2) is 11.4 Å². The Morgan fingerprint density at radius 1 is 1.08 bits per heavy atom. The van der Waals surface area contributed by atoms with Gasteiger partial charge in [-0.05, 0) is 43.7 Å². The van der Waals surface area contributed by atoms with Gasteiger partial charge in [-0.15, -0.1) is 0 Å². The first kappa shape index (κ1) is 24.7. The molecule has 1 aromatic heterocycles. The minimum atomic E-state index is -0.636. The zero-order valence-corrected chi connectivity index (χ0v) is 20.8. The highest BCUT2D eigenvalue weighted by Crippen LogP contribution is 2.31. The maximum Gasteiger partial charge on any atom is 0.276 e. The monoisotopic (exact) mass is 504 g/mol. The summed E-state index contributed by atoms with van der Waals surface area (Å²) in [6.07, 6.45) is 2.09. The summed E-state index contributed by atoms with van der Waals surface area (Å²) >= 11 is 0. The number of ether oxygens (including phenoxy) is 1. The molecule has 5 rings (SSSR count). The summed E-state index contributed by atoms with van der Waals surface area (Å²) in [5, 5.41) is 2.73. The topological polar surface area (TPSA) is 83.9 Å². The molecule has 3 heterocycles. The highest BCUT2D eigenvalue weighted by Gasteiger charge is 2.42. The van der Waals surface area contributed by atoms with Gasteiger partial charge in [0.05, 0.1) is 6.54 Å². The molecular formula is C28H29FN4O4. The Morgan fingerprint density at radius 3 is 2.54 bits per heavy atom. The van der Waals surface area contributed by atoms with Crippen LogP contribution in [0.5, 0.6) is 5.75 Å². The summed E-state index contributed by atoms with van der Waals surface area (Å²) in [5.41, 5.74) is 0.940. The van der Waals surface area contributed by atoms with E-state index in [4.69, 9.17) is 4.74 Å². The number of hydrogen-bond donors (Lipinski definition) is 1. The molecule has 2 unspecified atom stereocenters. The number of nitrogens with zero attached hydrogens (tertiary/aromatic N) is 3. The van der Waals surface area contributed by atoms with E-state index in [2.05, 4.69) is 10.2 Å². The number of rotatable bonds is 6. The van der Waals surface area contributed by atoms with Crippen molar-refractivity contribution in [1.29, 1.82) is 0 Å². The normalized spacial score (nSPS) is 19.2. The molecule has 1 N–H and O–H groups in total.